The summed E-state index contributed by atoms with van der Waals surface area (Å²) >= 11 is 0. The molecule has 0 unspecified atom stereocenters. The van der Waals surface area contributed by atoms with Crippen molar-refractivity contribution in [2.75, 3.05) is 7.11 Å². The van der Waals surface area contributed by atoms with Crippen LogP contribution in [0.25, 0.3) is 11.5 Å². The first-order valence-corrected chi connectivity index (χ1v) is 7.49. The zero-order chi connectivity index (χ0) is 16.9. The Morgan fingerprint density at radius 1 is 1.17 bits per heavy atom. The molecule has 0 bridgehead atoms. The van der Waals surface area contributed by atoms with Crippen molar-refractivity contribution in [3.05, 3.63) is 65.5 Å². The Morgan fingerprint density at radius 3 is 2.79 bits per heavy atom. The smallest absolute Gasteiger partial charge is 0.226 e. The van der Waals surface area contributed by atoms with E-state index in [1.165, 1.54) is 0 Å². The van der Waals surface area contributed by atoms with Gasteiger partial charge < -0.3 is 13.9 Å². The summed E-state index contributed by atoms with van der Waals surface area (Å²) in [6, 6.07) is 14.6. The van der Waals surface area contributed by atoms with Gasteiger partial charge in [0.15, 0.2) is 6.29 Å². The molecule has 0 aliphatic carbocycles. The number of hydrogen-bond acceptors (Lipinski definition) is 5. The molecule has 122 valence electrons. The van der Waals surface area contributed by atoms with Crippen LogP contribution in [0.15, 0.2) is 52.9 Å². The van der Waals surface area contributed by atoms with Crippen LogP contribution in [0.2, 0.25) is 0 Å². The maximum atomic E-state index is 11.0. The summed E-state index contributed by atoms with van der Waals surface area (Å²) in [5.74, 6) is 2.45. The highest BCUT2D eigenvalue weighted by molar-refractivity contribution is 5.79. The van der Waals surface area contributed by atoms with Crippen LogP contribution in [0.1, 0.15) is 21.8 Å². The molecule has 0 aliphatic rings. The Labute approximate surface area is 139 Å². The number of hydrogen-bond donors (Lipinski definition) is 0. The van der Waals surface area contributed by atoms with Gasteiger partial charge in [-0.1, -0.05) is 18.2 Å². The van der Waals surface area contributed by atoms with Gasteiger partial charge in [0.25, 0.3) is 0 Å². The number of carbonyl (C=O) groups excluding carboxylic acids is 1. The van der Waals surface area contributed by atoms with Crippen molar-refractivity contribution in [2.45, 2.75) is 13.5 Å². The quantitative estimate of drug-likeness (QED) is 0.640. The topological polar surface area (TPSA) is 61.6 Å². The van der Waals surface area contributed by atoms with Gasteiger partial charge >= 0.3 is 0 Å². The number of nitrogens with zero attached hydrogens (tertiary/aromatic N) is 1. The lowest BCUT2D eigenvalue weighted by Gasteiger charge is -2.06. The van der Waals surface area contributed by atoms with Gasteiger partial charge in [0.2, 0.25) is 5.89 Å². The second kappa shape index (κ2) is 7.00. The minimum atomic E-state index is 0.226. The molecule has 0 aliphatic heterocycles. The first-order valence-electron chi connectivity index (χ1n) is 7.49. The van der Waals surface area contributed by atoms with Gasteiger partial charge in [0, 0.05) is 5.56 Å². The molecule has 2 aromatic carbocycles. The molecule has 24 heavy (non-hydrogen) atoms. The minimum Gasteiger partial charge on any atom is -0.497 e. The van der Waals surface area contributed by atoms with Gasteiger partial charge in [-0.2, -0.15) is 0 Å². The van der Waals surface area contributed by atoms with E-state index >= 15 is 0 Å². The Morgan fingerprint density at radius 2 is 2.00 bits per heavy atom. The molecule has 0 amide bonds. The molecule has 3 rings (SSSR count). The van der Waals surface area contributed by atoms with Crippen LogP contribution in [0.3, 0.4) is 0 Å². The molecule has 1 heterocycles. The molecule has 5 nitrogen and oxygen atoms in total. The summed E-state index contributed by atoms with van der Waals surface area (Å²) in [5, 5.41) is 0. The highest BCUT2D eigenvalue weighted by Crippen LogP contribution is 2.26. The van der Waals surface area contributed by atoms with Crippen LogP contribution < -0.4 is 9.47 Å². The fourth-order valence-corrected chi connectivity index (χ4v) is 2.30. The molecule has 1 aromatic heterocycles. The van der Waals surface area contributed by atoms with Crippen LogP contribution in [-0.4, -0.2) is 18.4 Å². The molecule has 0 saturated heterocycles. The minimum absolute atomic E-state index is 0.226. The lowest BCUT2D eigenvalue weighted by Crippen LogP contribution is -1.99. The summed E-state index contributed by atoms with van der Waals surface area (Å²) in [5.41, 5.74) is 2.03. The van der Waals surface area contributed by atoms with Crippen molar-refractivity contribution in [1.29, 1.82) is 0 Å². The maximum Gasteiger partial charge on any atom is 0.226 e. The molecule has 0 radical (unpaired) electrons. The molecule has 0 N–H and O–H groups in total. The summed E-state index contributed by atoms with van der Waals surface area (Å²) in [4.78, 5) is 15.5. The average Bonchev–Trinajstić information content (AvgIpc) is 3.01. The Hall–Kier alpha value is -3.08. The molecule has 0 saturated carbocycles. The second-order valence-electron chi connectivity index (χ2n) is 5.20. The summed E-state index contributed by atoms with van der Waals surface area (Å²) in [7, 11) is 1.61. The number of ether oxygens (including phenoxy) is 2. The highest BCUT2D eigenvalue weighted by atomic mass is 16.5. The van der Waals surface area contributed by atoms with Crippen molar-refractivity contribution in [2.24, 2.45) is 0 Å². The molecule has 3 aromatic rings. The molecule has 0 spiro atoms. The van der Waals surface area contributed by atoms with E-state index in [1.54, 1.807) is 25.3 Å². The Bertz CT molecular complexity index is 854. The summed E-state index contributed by atoms with van der Waals surface area (Å²) in [6.45, 7) is 2.06. The summed E-state index contributed by atoms with van der Waals surface area (Å²) in [6.07, 6.45) is 0.770. The maximum absolute atomic E-state index is 11.0. The SMILES string of the molecule is COc1cccc(-c2nc(COc3ccccc3C=O)c(C)o2)c1. The second-order valence-corrected chi connectivity index (χ2v) is 5.20. The number of methoxy groups -OCH3 is 1. The van der Waals surface area contributed by atoms with Gasteiger partial charge in [0.05, 0.1) is 12.7 Å². The number of aromatic nitrogens is 1. The van der Waals surface area contributed by atoms with Crippen molar-refractivity contribution in [1.82, 2.24) is 4.98 Å². The number of aldehydes is 1. The number of rotatable bonds is 6. The van der Waals surface area contributed by atoms with Crippen LogP contribution >= 0.6 is 0 Å². The van der Waals surface area contributed by atoms with E-state index in [0.29, 0.717) is 28.7 Å². The molecule has 5 heteroatoms. The van der Waals surface area contributed by atoms with Crippen molar-refractivity contribution >= 4 is 6.29 Å². The first-order chi connectivity index (χ1) is 11.7. The van der Waals surface area contributed by atoms with E-state index in [4.69, 9.17) is 13.9 Å². The first kappa shape index (κ1) is 15.8. The highest BCUT2D eigenvalue weighted by Gasteiger charge is 2.13. The standard InChI is InChI=1S/C19H17NO4/c1-13-17(12-23-18-9-4-3-6-15(18)11-21)20-19(24-13)14-7-5-8-16(10-14)22-2/h3-11H,12H2,1-2H3. The van der Waals surface area contributed by atoms with E-state index in [9.17, 15) is 4.79 Å². The lowest BCUT2D eigenvalue weighted by atomic mass is 10.2. The van der Waals surface area contributed by atoms with E-state index < -0.39 is 0 Å². The molecule has 0 atom stereocenters. The molecular weight excluding hydrogens is 306 g/mol. The van der Waals surface area contributed by atoms with E-state index in [1.807, 2.05) is 37.3 Å². The third-order valence-corrected chi connectivity index (χ3v) is 3.62. The summed E-state index contributed by atoms with van der Waals surface area (Å²) < 4.78 is 16.7. The van der Waals surface area contributed by atoms with Gasteiger partial charge in [-0.25, -0.2) is 4.98 Å². The van der Waals surface area contributed by atoms with Gasteiger partial charge in [-0.3, -0.25) is 4.79 Å². The van der Waals surface area contributed by atoms with Crippen molar-refractivity contribution < 1.29 is 18.7 Å². The van der Waals surface area contributed by atoms with E-state index in [-0.39, 0.29) is 6.61 Å². The van der Waals surface area contributed by atoms with Crippen LogP contribution in [-0.2, 0) is 6.61 Å². The van der Waals surface area contributed by atoms with Crippen molar-refractivity contribution in [3.8, 4) is 23.0 Å². The zero-order valence-corrected chi connectivity index (χ0v) is 13.5. The Balaban J connectivity index is 1.80. The van der Waals surface area contributed by atoms with Gasteiger partial charge in [-0.05, 0) is 37.3 Å². The third kappa shape index (κ3) is 3.30. The number of benzene rings is 2. The van der Waals surface area contributed by atoms with E-state index in [2.05, 4.69) is 4.98 Å². The van der Waals surface area contributed by atoms with Crippen LogP contribution in [0, 0.1) is 6.92 Å². The number of aryl methyl sites for hydroxylation is 1. The fourth-order valence-electron chi connectivity index (χ4n) is 2.30. The zero-order valence-electron chi connectivity index (χ0n) is 13.5. The third-order valence-electron chi connectivity index (χ3n) is 3.62. The number of carbonyl (C=O) groups is 1. The predicted octanol–water partition coefficient (Wildman–Crippen LogP) is 4.05. The number of para-hydroxylation sites is 1. The average molecular weight is 323 g/mol. The largest absolute Gasteiger partial charge is 0.497 e. The van der Waals surface area contributed by atoms with E-state index in [0.717, 1.165) is 17.6 Å². The molecular formula is C19H17NO4. The van der Waals surface area contributed by atoms with Crippen LogP contribution in [0.4, 0.5) is 0 Å². The van der Waals surface area contributed by atoms with Crippen LogP contribution in [0.5, 0.6) is 11.5 Å². The number of oxazole rings is 1. The normalized spacial score (nSPS) is 10.4. The molecule has 0 fully saturated rings. The Kier molecular flexibility index (Phi) is 4.61. The predicted molar refractivity (Wildman–Crippen MR) is 89.4 cm³/mol. The monoisotopic (exact) mass is 323 g/mol. The van der Waals surface area contributed by atoms with Crippen molar-refractivity contribution in [3.63, 3.8) is 0 Å². The lowest BCUT2D eigenvalue weighted by molar-refractivity contribution is 0.111. The van der Waals surface area contributed by atoms with Gasteiger partial charge in [-0.15, -0.1) is 0 Å². The van der Waals surface area contributed by atoms with Gasteiger partial charge in [0.1, 0.15) is 29.6 Å². The fraction of sp³-hybridized carbons (Fsp3) is 0.158.